The summed E-state index contributed by atoms with van der Waals surface area (Å²) in [6, 6.07) is 17.3. The van der Waals surface area contributed by atoms with Gasteiger partial charge in [0.05, 0.1) is 27.9 Å². The number of hydrogen-bond donors (Lipinski definition) is 0. The number of methoxy groups -OCH3 is 3. The smallest absolute Gasteiger partial charge is 0.247 e. The van der Waals surface area contributed by atoms with E-state index in [9.17, 15) is 4.79 Å². The van der Waals surface area contributed by atoms with Crippen molar-refractivity contribution in [3.8, 4) is 17.2 Å². The molecule has 0 aliphatic heterocycles. The number of benzene rings is 2. The highest BCUT2D eigenvalue weighted by Crippen LogP contribution is 2.28. The molecule has 0 aliphatic rings. The highest BCUT2D eigenvalue weighted by Gasteiger charge is 2.15. The van der Waals surface area contributed by atoms with Crippen molar-refractivity contribution >= 4 is 23.3 Å². The minimum absolute atomic E-state index is 0.0795. The van der Waals surface area contributed by atoms with Crippen LogP contribution in [-0.4, -0.2) is 32.1 Å². The van der Waals surface area contributed by atoms with Crippen LogP contribution in [0.5, 0.6) is 17.2 Å². The molecule has 0 spiro atoms. The first kappa shape index (κ1) is 21.5. The van der Waals surface area contributed by atoms with Gasteiger partial charge in [-0.15, -0.1) is 11.3 Å². The van der Waals surface area contributed by atoms with E-state index in [2.05, 4.69) is 0 Å². The van der Waals surface area contributed by atoms with E-state index >= 15 is 0 Å². The number of amides is 1. The van der Waals surface area contributed by atoms with E-state index in [-0.39, 0.29) is 5.91 Å². The Morgan fingerprint density at radius 3 is 2.37 bits per heavy atom. The van der Waals surface area contributed by atoms with Gasteiger partial charge in [0.1, 0.15) is 5.75 Å². The van der Waals surface area contributed by atoms with E-state index in [1.165, 1.54) is 0 Å². The Kier molecular flexibility index (Phi) is 7.51. The third-order valence-electron chi connectivity index (χ3n) is 4.62. The maximum Gasteiger partial charge on any atom is 0.247 e. The number of rotatable bonds is 9. The van der Waals surface area contributed by atoms with E-state index in [4.69, 9.17) is 14.2 Å². The van der Waals surface area contributed by atoms with Crippen molar-refractivity contribution in [3.63, 3.8) is 0 Å². The number of thiophene rings is 1. The summed E-state index contributed by atoms with van der Waals surface area (Å²) in [5.74, 6) is 1.96. The molecule has 0 saturated heterocycles. The van der Waals surface area contributed by atoms with Crippen molar-refractivity contribution < 1.29 is 19.0 Å². The standard InChI is InChI=1S/C24H25NO4S/c1-27-21-9-5-4-7-19(21)16-25(17-20-8-6-14-30-20)24(26)13-11-18-10-12-22(28-2)23(15-18)29-3/h4-15H,16-17H2,1-3H3/b13-11+. The van der Waals surface area contributed by atoms with Gasteiger partial charge in [0, 0.05) is 23.1 Å². The molecule has 1 heterocycles. The first-order valence-electron chi connectivity index (χ1n) is 9.48. The Labute approximate surface area is 181 Å². The van der Waals surface area contributed by atoms with Gasteiger partial charge in [-0.2, -0.15) is 0 Å². The van der Waals surface area contributed by atoms with Crippen LogP contribution in [0.25, 0.3) is 6.08 Å². The van der Waals surface area contributed by atoms with Gasteiger partial charge in [-0.1, -0.05) is 30.3 Å². The summed E-state index contributed by atoms with van der Waals surface area (Å²) in [6.07, 6.45) is 3.37. The van der Waals surface area contributed by atoms with E-state index < -0.39 is 0 Å². The molecule has 0 radical (unpaired) electrons. The Morgan fingerprint density at radius 2 is 1.67 bits per heavy atom. The lowest BCUT2D eigenvalue weighted by Gasteiger charge is -2.22. The van der Waals surface area contributed by atoms with Crippen molar-refractivity contribution in [1.82, 2.24) is 4.90 Å². The number of carbonyl (C=O) groups excluding carboxylic acids is 1. The molecule has 6 heteroatoms. The Bertz CT molecular complexity index is 998. The van der Waals surface area contributed by atoms with Crippen LogP contribution in [0.4, 0.5) is 0 Å². The second-order valence-electron chi connectivity index (χ2n) is 6.53. The van der Waals surface area contributed by atoms with Gasteiger partial charge in [-0.3, -0.25) is 4.79 Å². The molecule has 0 bridgehead atoms. The molecule has 3 rings (SSSR count). The molecule has 30 heavy (non-hydrogen) atoms. The van der Waals surface area contributed by atoms with E-state index in [0.29, 0.717) is 24.6 Å². The zero-order valence-corrected chi connectivity index (χ0v) is 18.1. The number of para-hydroxylation sites is 1. The van der Waals surface area contributed by atoms with Crippen LogP contribution in [0.15, 0.2) is 66.1 Å². The summed E-state index contributed by atoms with van der Waals surface area (Å²) in [7, 11) is 4.82. The molecular weight excluding hydrogens is 398 g/mol. The third-order valence-corrected chi connectivity index (χ3v) is 5.48. The van der Waals surface area contributed by atoms with Gasteiger partial charge in [0.2, 0.25) is 5.91 Å². The summed E-state index contributed by atoms with van der Waals surface area (Å²) in [4.78, 5) is 16.0. The molecule has 0 atom stereocenters. The average molecular weight is 424 g/mol. The minimum atomic E-state index is -0.0795. The molecule has 156 valence electrons. The molecule has 0 fully saturated rings. The summed E-state index contributed by atoms with van der Waals surface area (Å²) in [5.41, 5.74) is 1.82. The fourth-order valence-corrected chi connectivity index (χ4v) is 3.79. The minimum Gasteiger partial charge on any atom is -0.496 e. The molecule has 0 saturated carbocycles. The molecule has 1 amide bonds. The topological polar surface area (TPSA) is 48.0 Å². The molecule has 0 aliphatic carbocycles. The Balaban J connectivity index is 1.82. The maximum atomic E-state index is 13.1. The fourth-order valence-electron chi connectivity index (χ4n) is 3.07. The molecule has 0 N–H and O–H groups in total. The highest BCUT2D eigenvalue weighted by atomic mass is 32.1. The van der Waals surface area contributed by atoms with Gasteiger partial charge in [-0.25, -0.2) is 0 Å². The van der Waals surface area contributed by atoms with Crippen LogP contribution in [0.3, 0.4) is 0 Å². The van der Waals surface area contributed by atoms with Crippen molar-refractivity contribution in [2.75, 3.05) is 21.3 Å². The molecule has 2 aromatic carbocycles. The quantitative estimate of drug-likeness (QED) is 0.454. The zero-order valence-electron chi connectivity index (χ0n) is 17.3. The SMILES string of the molecule is COc1ccccc1CN(Cc1cccs1)C(=O)/C=C/c1ccc(OC)c(OC)c1. The van der Waals surface area contributed by atoms with E-state index in [1.807, 2.05) is 60.0 Å². The monoisotopic (exact) mass is 423 g/mol. The van der Waals surface area contributed by atoms with Gasteiger partial charge in [0.25, 0.3) is 0 Å². The van der Waals surface area contributed by atoms with Gasteiger partial charge in [-0.05, 0) is 41.3 Å². The first-order valence-corrected chi connectivity index (χ1v) is 10.4. The molecule has 0 unspecified atom stereocenters. The van der Waals surface area contributed by atoms with Crippen molar-refractivity contribution in [2.24, 2.45) is 0 Å². The predicted octanol–water partition coefficient (Wildman–Crippen LogP) is 5.02. The van der Waals surface area contributed by atoms with Crippen LogP contribution in [0.1, 0.15) is 16.0 Å². The Hall–Kier alpha value is -3.25. The highest BCUT2D eigenvalue weighted by molar-refractivity contribution is 7.09. The summed E-state index contributed by atoms with van der Waals surface area (Å²) in [5, 5.41) is 2.01. The molecular formula is C24H25NO4S. The second-order valence-corrected chi connectivity index (χ2v) is 7.57. The van der Waals surface area contributed by atoms with Crippen LogP contribution in [0.2, 0.25) is 0 Å². The summed E-state index contributed by atoms with van der Waals surface area (Å²) < 4.78 is 16.1. The van der Waals surface area contributed by atoms with Crippen molar-refractivity contribution in [3.05, 3.63) is 82.1 Å². The lowest BCUT2D eigenvalue weighted by molar-refractivity contribution is -0.127. The first-order chi connectivity index (χ1) is 14.6. The van der Waals surface area contributed by atoms with Crippen LogP contribution in [-0.2, 0) is 17.9 Å². The van der Waals surface area contributed by atoms with E-state index in [0.717, 1.165) is 21.8 Å². The normalized spacial score (nSPS) is 10.8. The third kappa shape index (κ3) is 5.42. The molecule has 1 aromatic heterocycles. The lowest BCUT2D eigenvalue weighted by atomic mass is 10.1. The van der Waals surface area contributed by atoms with Gasteiger partial charge >= 0.3 is 0 Å². The van der Waals surface area contributed by atoms with Crippen molar-refractivity contribution in [1.29, 1.82) is 0 Å². The zero-order chi connectivity index (χ0) is 21.3. The predicted molar refractivity (Wildman–Crippen MR) is 120 cm³/mol. The second kappa shape index (κ2) is 10.5. The molecule has 3 aromatic rings. The summed E-state index contributed by atoms with van der Waals surface area (Å²) >= 11 is 1.63. The summed E-state index contributed by atoms with van der Waals surface area (Å²) in [6.45, 7) is 0.988. The molecule has 5 nitrogen and oxygen atoms in total. The van der Waals surface area contributed by atoms with Crippen LogP contribution >= 0.6 is 11.3 Å². The number of carbonyl (C=O) groups is 1. The van der Waals surface area contributed by atoms with Gasteiger partial charge in [0.15, 0.2) is 11.5 Å². The number of hydrogen-bond acceptors (Lipinski definition) is 5. The van der Waals surface area contributed by atoms with Crippen LogP contribution < -0.4 is 14.2 Å². The lowest BCUT2D eigenvalue weighted by Crippen LogP contribution is -2.28. The fraction of sp³-hybridized carbons (Fsp3) is 0.208. The van der Waals surface area contributed by atoms with Gasteiger partial charge < -0.3 is 19.1 Å². The number of nitrogens with zero attached hydrogens (tertiary/aromatic N) is 1. The maximum absolute atomic E-state index is 13.1. The van der Waals surface area contributed by atoms with Crippen molar-refractivity contribution in [2.45, 2.75) is 13.1 Å². The largest absolute Gasteiger partial charge is 0.496 e. The van der Waals surface area contributed by atoms with E-state index in [1.54, 1.807) is 49.7 Å². The van der Waals surface area contributed by atoms with Crippen LogP contribution in [0, 0.1) is 0 Å². The Morgan fingerprint density at radius 1 is 0.900 bits per heavy atom. The average Bonchev–Trinajstić information content (AvgIpc) is 3.30. The number of ether oxygens (including phenoxy) is 3.